The maximum atomic E-state index is 2.57. The second kappa shape index (κ2) is 3.27. The number of hydrogen-bond acceptors (Lipinski definition) is 0. The lowest BCUT2D eigenvalue weighted by atomic mass is 9.67. The summed E-state index contributed by atoms with van der Waals surface area (Å²) < 4.78 is 0. The van der Waals surface area contributed by atoms with Crippen molar-refractivity contribution < 1.29 is 0 Å². The van der Waals surface area contributed by atoms with Gasteiger partial charge in [-0.2, -0.15) is 0 Å². The molecule has 0 radical (unpaired) electrons. The van der Waals surface area contributed by atoms with Gasteiger partial charge in [0.05, 0.1) is 0 Å². The van der Waals surface area contributed by atoms with E-state index in [9.17, 15) is 0 Å². The third-order valence-corrected chi connectivity index (χ3v) is 7.10. The standard InChI is InChI=1S/C16H26/c1-3-10-7-9(2)15-13-8-14(16(10)15)12-6-4-5-11(12)13/h9-16H,3-8H2,1-2H3. The highest BCUT2D eigenvalue weighted by Gasteiger charge is 2.63. The van der Waals surface area contributed by atoms with E-state index in [2.05, 4.69) is 13.8 Å². The summed E-state index contributed by atoms with van der Waals surface area (Å²) in [6.07, 6.45) is 9.43. The lowest BCUT2D eigenvalue weighted by molar-refractivity contribution is 0.0991. The second-order valence-corrected chi connectivity index (χ2v) is 7.36. The van der Waals surface area contributed by atoms with Gasteiger partial charge < -0.3 is 0 Å². The Labute approximate surface area is 100 Å². The van der Waals surface area contributed by atoms with Crippen molar-refractivity contribution in [3.8, 4) is 0 Å². The smallest absolute Gasteiger partial charge is 0.0321 e. The van der Waals surface area contributed by atoms with Gasteiger partial charge in [0.15, 0.2) is 0 Å². The van der Waals surface area contributed by atoms with Gasteiger partial charge in [-0.3, -0.25) is 0 Å². The molecule has 0 aromatic heterocycles. The van der Waals surface area contributed by atoms with Gasteiger partial charge in [0.1, 0.15) is 0 Å². The number of rotatable bonds is 1. The monoisotopic (exact) mass is 218 g/mol. The molecule has 8 atom stereocenters. The average Bonchev–Trinajstić information content (AvgIpc) is 2.94. The van der Waals surface area contributed by atoms with Crippen LogP contribution >= 0.6 is 0 Å². The van der Waals surface area contributed by atoms with E-state index in [-0.39, 0.29) is 0 Å². The Morgan fingerprint density at radius 2 is 1.56 bits per heavy atom. The van der Waals surface area contributed by atoms with Crippen molar-refractivity contribution in [1.29, 1.82) is 0 Å². The summed E-state index contributed by atoms with van der Waals surface area (Å²) in [5.41, 5.74) is 0. The molecule has 4 aliphatic rings. The minimum Gasteiger partial charge on any atom is -0.0651 e. The molecule has 8 unspecified atom stereocenters. The minimum absolute atomic E-state index is 1.06. The zero-order valence-electron chi connectivity index (χ0n) is 10.9. The largest absolute Gasteiger partial charge is 0.0651 e. The lowest BCUT2D eigenvalue weighted by Crippen LogP contribution is -2.33. The molecule has 4 aliphatic carbocycles. The Balaban J connectivity index is 1.69. The summed E-state index contributed by atoms with van der Waals surface area (Å²) in [6.45, 7) is 5.01. The maximum absolute atomic E-state index is 2.57. The summed E-state index contributed by atoms with van der Waals surface area (Å²) in [6, 6.07) is 0. The van der Waals surface area contributed by atoms with Crippen LogP contribution in [-0.4, -0.2) is 0 Å². The number of fused-ring (bicyclic) bond motifs is 8. The molecule has 4 saturated carbocycles. The van der Waals surface area contributed by atoms with Crippen molar-refractivity contribution in [2.75, 3.05) is 0 Å². The van der Waals surface area contributed by atoms with Gasteiger partial charge in [0, 0.05) is 0 Å². The van der Waals surface area contributed by atoms with Gasteiger partial charge in [-0.1, -0.05) is 26.7 Å². The highest BCUT2D eigenvalue weighted by Crippen LogP contribution is 2.69. The highest BCUT2D eigenvalue weighted by molar-refractivity contribution is 5.11. The van der Waals surface area contributed by atoms with Crippen LogP contribution in [0.2, 0.25) is 0 Å². The molecule has 0 amide bonds. The molecule has 0 aromatic rings. The second-order valence-electron chi connectivity index (χ2n) is 7.36. The third kappa shape index (κ3) is 1.03. The molecule has 0 heteroatoms. The van der Waals surface area contributed by atoms with Crippen LogP contribution in [0.3, 0.4) is 0 Å². The van der Waals surface area contributed by atoms with Crippen molar-refractivity contribution >= 4 is 0 Å². The summed E-state index contributed by atoms with van der Waals surface area (Å²) >= 11 is 0. The first-order valence-corrected chi connectivity index (χ1v) is 7.81. The van der Waals surface area contributed by atoms with Crippen LogP contribution in [0.5, 0.6) is 0 Å². The van der Waals surface area contributed by atoms with Crippen LogP contribution in [0.1, 0.15) is 52.4 Å². The van der Waals surface area contributed by atoms with Crippen LogP contribution < -0.4 is 0 Å². The number of hydrogen-bond donors (Lipinski definition) is 0. The van der Waals surface area contributed by atoms with Crippen molar-refractivity contribution in [1.82, 2.24) is 0 Å². The zero-order chi connectivity index (χ0) is 10.9. The van der Waals surface area contributed by atoms with Gasteiger partial charge in [0.2, 0.25) is 0 Å². The van der Waals surface area contributed by atoms with E-state index in [4.69, 9.17) is 0 Å². The molecule has 0 N–H and O–H groups in total. The Hall–Kier alpha value is 0. The van der Waals surface area contributed by atoms with Crippen LogP contribution in [0.25, 0.3) is 0 Å². The normalized spacial score (nSPS) is 62.6. The summed E-state index contributed by atoms with van der Waals surface area (Å²) in [5, 5.41) is 0. The van der Waals surface area contributed by atoms with Crippen molar-refractivity contribution in [2.45, 2.75) is 52.4 Å². The van der Waals surface area contributed by atoms with E-state index in [1.807, 2.05) is 0 Å². The molecule has 0 nitrogen and oxygen atoms in total. The van der Waals surface area contributed by atoms with Gasteiger partial charge in [-0.05, 0) is 73.0 Å². The van der Waals surface area contributed by atoms with Crippen LogP contribution in [0.4, 0.5) is 0 Å². The molecule has 90 valence electrons. The molecule has 0 saturated heterocycles. The van der Waals surface area contributed by atoms with Crippen molar-refractivity contribution in [3.05, 3.63) is 0 Å². The molecule has 4 fully saturated rings. The lowest BCUT2D eigenvalue weighted by Gasteiger charge is -2.37. The fourth-order valence-corrected chi connectivity index (χ4v) is 6.90. The first kappa shape index (κ1) is 9.97. The Morgan fingerprint density at radius 1 is 0.875 bits per heavy atom. The SMILES string of the molecule is CCC1CC(C)C2C3CC(C4CCCC43)C12. The first-order chi connectivity index (χ1) is 7.81. The van der Waals surface area contributed by atoms with Crippen LogP contribution in [-0.2, 0) is 0 Å². The molecule has 0 heterocycles. The molecule has 2 bridgehead atoms. The maximum Gasteiger partial charge on any atom is -0.0321 e. The van der Waals surface area contributed by atoms with Crippen molar-refractivity contribution in [2.24, 2.45) is 47.3 Å². The fourth-order valence-electron chi connectivity index (χ4n) is 6.90. The molecule has 0 aliphatic heterocycles. The first-order valence-electron chi connectivity index (χ1n) is 7.81. The molecular weight excluding hydrogens is 192 g/mol. The highest BCUT2D eigenvalue weighted by atomic mass is 14.7. The van der Waals surface area contributed by atoms with E-state index in [0.717, 1.165) is 17.8 Å². The summed E-state index contributed by atoms with van der Waals surface area (Å²) in [5.74, 6) is 9.23. The summed E-state index contributed by atoms with van der Waals surface area (Å²) in [7, 11) is 0. The van der Waals surface area contributed by atoms with E-state index in [1.165, 1.54) is 36.0 Å². The molecule has 0 spiro atoms. The third-order valence-electron chi connectivity index (χ3n) is 7.10. The van der Waals surface area contributed by atoms with E-state index in [0.29, 0.717) is 0 Å². The molecule has 16 heavy (non-hydrogen) atoms. The molecule has 0 aromatic carbocycles. The molecular formula is C16H26. The Bertz CT molecular complexity index is 294. The van der Waals surface area contributed by atoms with Gasteiger partial charge in [0.25, 0.3) is 0 Å². The quantitative estimate of drug-likeness (QED) is 0.614. The van der Waals surface area contributed by atoms with E-state index < -0.39 is 0 Å². The van der Waals surface area contributed by atoms with E-state index >= 15 is 0 Å². The van der Waals surface area contributed by atoms with Gasteiger partial charge in [-0.25, -0.2) is 0 Å². The zero-order valence-corrected chi connectivity index (χ0v) is 10.9. The molecule has 4 rings (SSSR count). The van der Waals surface area contributed by atoms with Gasteiger partial charge in [-0.15, -0.1) is 0 Å². The van der Waals surface area contributed by atoms with Crippen LogP contribution in [0, 0.1) is 47.3 Å². The Morgan fingerprint density at radius 3 is 2.25 bits per heavy atom. The predicted octanol–water partition coefficient (Wildman–Crippen LogP) is 4.35. The topological polar surface area (TPSA) is 0 Å². The summed E-state index contributed by atoms with van der Waals surface area (Å²) in [4.78, 5) is 0. The van der Waals surface area contributed by atoms with Gasteiger partial charge >= 0.3 is 0 Å². The average molecular weight is 218 g/mol. The van der Waals surface area contributed by atoms with Crippen molar-refractivity contribution in [3.63, 3.8) is 0 Å². The predicted molar refractivity (Wildman–Crippen MR) is 67.0 cm³/mol. The Kier molecular flexibility index (Phi) is 2.04. The van der Waals surface area contributed by atoms with E-state index in [1.54, 1.807) is 32.1 Å². The van der Waals surface area contributed by atoms with Crippen LogP contribution in [0.15, 0.2) is 0 Å². The minimum atomic E-state index is 1.06. The fraction of sp³-hybridized carbons (Fsp3) is 1.00.